The highest BCUT2D eigenvalue weighted by atomic mass is 19.4. The predicted octanol–water partition coefficient (Wildman–Crippen LogP) is 2.48. The Morgan fingerprint density at radius 2 is 2.07 bits per heavy atom. The number of anilines is 1. The lowest BCUT2D eigenvalue weighted by molar-refractivity contribution is -0.141. The molecule has 1 saturated heterocycles. The first-order chi connectivity index (χ1) is 14.0. The lowest BCUT2D eigenvalue weighted by Gasteiger charge is -2.24. The topological polar surface area (TPSA) is 77.5 Å². The Bertz CT molecular complexity index is 674. The van der Waals surface area contributed by atoms with Gasteiger partial charge in [-0.2, -0.15) is 13.2 Å². The zero-order valence-electron chi connectivity index (χ0n) is 16.8. The van der Waals surface area contributed by atoms with Crippen LogP contribution in [0.25, 0.3) is 0 Å². The number of aliphatic imine (C=N–C) groups is 1. The fourth-order valence-electron chi connectivity index (χ4n) is 3.96. The van der Waals surface area contributed by atoms with Crippen LogP contribution >= 0.6 is 0 Å². The van der Waals surface area contributed by atoms with Crippen LogP contribution in [0.5, 0.6) is 0 Å². The van der Waals surface area contributed by atoms with Crippen LogP contribution in [-0.2, 0) is 6.18 Å². The molecule has 1 aromatic heterocycles. The number of halogens is 3. The van der Waals surface area contributed by atoms with E-state index in [1.54, 1.807) is 0 Å². The van der Waals surface area contributed by atoms with Crippen molar-refractivity contribution in [2.75, 3.05) is 38.0 Å². The Morgan fingerprint density at radius 3 is 2.79 bits per heavy atom. The molecule has 29 heavy (non-hydrogen) atoms. The first-order valence-corrected chi connectivity index (χ1v) is 10.4. The van der Waals surface area contributed by atoms with E-state index in [2.05, 4.69) is 35.8 Å². The van der Waals surface area contributed by atoms with Crippen molar-refractivity contribution in [1.82, 2.24) is 25.5 Å². The van der Waals surface area contributed by atoms with Gasteiger partial charge in [-0.1, -0.05) is 12.8 Å². The molecule has 0 radical (unpaired) electrons. The van der Waals surface area contributed by atoms with E-state index in [0.29, 0.717) is 19.1 Å². The molecule has 2 heterocycles. The van der Waals surface area contributed by atoms with Gasteiger partial charge in [0.05, 0.1) is 6.54 Å². The van der Waals surface area contributed by atoms with Gasteiger partial charge in [0, 0.05) is 44.5 Å². The highest BCUT2D eigenvalue weighted by Crippen LogP contribution is 2.28. The molecule has 7 nitrogen and oxygen atoms in total. The van der Waals surface area contributed by atoms with Crippen molar-refractivity contribution < 1.29 is 13.2 Å². The Hall–Kier alpha value is -2.10. The zero-order valence-corrected chi connectivity index (χ0v) is 16.8. The molecule has 162 valence electrons. The molecular weight excluding hydrogens is 383 g/mol. The molecular formula is C19H30F3N7. The van der Waals surface area contributed by atoms with Gasteiger partial charge < -0.3 is 16.0 Å². The lowest BCUT2D eigenvalue weighted by Crippen LogP contribution is -2.45. The van der Waals surface area contributed by atoms with Gasteiger partial charge in [0.2, 0.25) is 5.95 Å². The molecule has 1 saturated carbocycles. The monoisotopic (exact) mass is 413 g/mol. The molecule has 10 heteroatoms. The van der Waals surface area contributed by atoms with E-state index in [9.17, 15) is 13.2 Å². The number of nitrogens with zero attached hydrogens (tertiary/aromatic N) is 4. The number of hydrogen-bond acceptors (Lipinski definition) is 5. The summed E-state index contributed by atoms with van der Waals surface area (Å²) in [5.41, 5.74) is -0.957. The van der Waals surface area contributed by atoms with Gasteiger partial charge in [0.15, 0.2) is 5.96 Å². The zero-order chi connectivity index (χ0) is 20.7. The molecule has 1 aromatic rings. The van der Waals surface area contributed by atoms with Crippen molar-refractivity contribution in [2.24, 2.45) is 4.99 Å². The van der Waals surface area contributed by atoms with E-state index < -0.39 is 11.9 Å². The fourth-order valence-corrected chi connectivity index (χ4v) is 3.96. The molecule has 2 fully saturated rings. The number of guanidine groups is 1. The maximum Gasteiger partial charge on any atom is 0.433 e. The summed E-state index contributed by atoms with van der Waals surface area (Å²) in [6.45, 7) is 5.65. The van der Waals surface area contributed by atoms with E-state index in [0.717, 1.165) is 50.3 Å². The summed E-state index contributed by atoms with van der Waals surface area (Å²) in [6.07, 6.45) is 3.01. The molecule has 0 aromatic carbocycles. The van der Waals surface area contributed by atoms with Gasteiger partial charge in [-0.05, 0) is 32.3 Å². The van der Waals surface area contributed by atoms with Gasteiger partial charge >= 0.3 is 6.18 Å². The quantitative estimate of drug-likeness (QED) is 0.362. The van der Waals surface area contributed by atoms with Crippen molar-refractivity contribution in [3.05, 3.63) is 18.0 Å². The van der Waals surface area contributed by atoms with Crippen LogP contribution in [0, 0.1) is 0 Å². The Labute approximate surface area is 169 Å². The third-order valence-electron chi connectivity index (χ3n) is 5.36. The summed E-state index contributed by atoms with van der Waals surface area (Å²) in [6, 6.07) is 1.96. The summed E-state index contributed by atoms with van der Waals surface area (Å²) in [5, 5.41) is 9.52. The van der Waals surface area contributed by atoms with E-state index in [-0.39, 0.29) is 5.95 Å². The predicted molar refractivity (Wildman–Crippen MR) is 107 cm³/mol. The molecule has 3 N–H and O–H groups in total. The van der Waals surface area contributed by atoms with E-state index in [1.807, 2.05) is 6.92 Å². The average Bonchev–Trinajstić information content (AvgIpc) is 3.36. The number of hydrogen-bond donors (Lipinski definition) is 3. The summed E-state index contributed by atoms with van der Waals surface area (Å²) in [5.74, 6) is 0.688. The third-order valence-corrected chi connectivity index (χ3v) is 5.36. The fraction of sp³-hybridized carbons (Fsp3) is 0.737. The normalized spacial score (nSPS) is 21.5. The second-order valence-electron chi connectivity index (χ2n) is 7.51. The van der Waals surface area contributed by atoms with Crippen LogP contribution in [-0.4, -0.2) is 65.6 Å². The van der Waals surface area contributed by atoms with Crippen LogP contribution in [0.3, 0.4) is 0 Å². The maximum absolute atomic E-state index is 12.7. The number of rotatable bonds is 7. The van der Waals surface area contributed by atoms with Gasteiger partial charge in [0.25, 0.3) is 0 Å². The molecule has 1 atom stereocenters. The van der Waals surface area contributed by atoms with Crippen molar-refractivity contribution in [3.8, 4) is 0 Å². The van der Waals surface area contributed by atoms with Gasteiger partial charge in [-0.15, -0.1) is 0 Å². The molecule has 0 bridgehead atoms. The number of alkyl halides is 3. The standard InChI is InChI=1S/C19H30F3N7/c1-2-23-17(27-14-8-12-29(13-14)15-5-3-4-6-15)25-10-11-26-18-24-9-7-16(28-18)19(20,21)22/h7,9,14-15H,2-6,8,10-13H2,1H3,(H2,23,25,27)(H,24,26,28). The SMILES string of the molecule is CCNC(=NCCNc1nccc(C(F)(F)F)n1)NC1CCN(C2CCCC2)C1. The molecule has 3 rings (SSSR count). The number of likely N-dealkylation sites (tertiary alicyclic amines) is 1. The molecule has 1 unspecified atom stereocenters. The van der Waals surface area contributed by atoms with Crippen LogP contribution < -0.4 is 16.0 Å². The largest absolute Gasteiger partial charge is 0.433 e. The van der Waals surface area contributed by atoms with Crippen molar-refractivity contribution in [2.45, 2.75) is 57.3 Å². The first-order valence-electron chi connectivity index (χ1n) is 10.4. The highest BCUT2D eigenvalue weighted by molar-refractivity contribution is 5.80. The maximum atomic E-state index is 12.7. The van der Waals surface area contributed by atoms with Crippen LogP contribution in [0.2, 0.25) is 0 Å². The van der Waals surface area contributed by atoms with Gasteiger partial charge in [-0.25, -0.2) is 9.97 Å². The number of nitrogens with one attached hydrogen (secondary N) is 3. The van der Waals surface area contributed by atoms with E-state index in [1.165, 1.54) is 25.7 Å². The molecule has 0 amide bonds. The second kappa shape index (κ2) is 10.1. The second-order valence-corrected chi connectivity index (χ2v) is 7.51. The molecule has 2 aliphatic rings. The highest BCUT2D eigenvalue weighted by Gasteiger charge is 2.33. The lowest BCUT2D eigenvalue weighted by atomic mass is 10.2. The summed E-state index contributed by atoms with van der Waals surface area (Å²) in [7, 11) is 0. The smallest absolute Gasteiger partial charge is 0.357 e. The van der Waals surface area contributed by atoms with Gasteiger partial charge in [-0.3, -0.25) is 9.89 Å². The van der Waals surface area contributed by atoms with Crippen molar-refractivity contribution in [1.29, 1.82) is 0 Å². The number of aromatic nitrogens is 2. The summed E-state index contributed by atoms with van der Waals surface area (Å²) < 4.78 is 38.1. The minimum atomic E-state index is -4.48. The minimum absolute atomic E-state index is 0.0454. The van der Waals surface area contributed by atoms with Crippen LogP contribution in [0.1, 0.15) is 44.7 Å². The minimum Gasteiger partial charge on any atom is -0.357 e. The van der Waals surface area contributed by atoms with Gasteiger partial charge in [0.1, 0.15) is 5.69 Å². The summed E-state index contributed by atoms with van der Waals surface area (Å²) >= 11 is 0. The molecule has 1 aliphatic heterocycles. The Morgan fingerprint density at radius 1 is 1.28 bits per heavy atom. The Kier molecular flexibility index (Phi) is 7.51. The van der Waals surface area contributed by atoms with Crippen LogP contribution in [0.4, 0.5) is 19.1 Å². The van der Waals surface area contributed by atoms with Crippen LogP contribution in [0.15, 0.2) is 17.3 Å². The molecule has 0 spiro atoms. The van der Waals surface area contributed by atoms with E-state index in [4.69, 9.17) is 0 Å². The first kappa shape index (κ1) is 21.6. The average molecular weight is 413 g/mol. The molecule has 1 aliphatic carbocycles. The van der Waals surface area contributed by atoms with Crippen molar-refractivity contribution >= 4 is 11.9 Å². The third kappa shape index (κ3) is 6.45. The summed E-state index contributed by atoms with van der Waals surface area (Å²) in [4.78, 5) is 14.4. The Balaban J connectivity index is 1.46. The van der Waals surface area contributed by atoms with E-state index >= 15 is 0 Å². The van der Waals surface area contributed by atoms with Crippen molar-refractivity contribution in [3.63, 3.8) is 0 Å².